The topological polar surface area (TPSA) is 33.7 Å². The van der Waals surface area contributed by atoms with Gasteiger partial charge in [0.15, 0.2) is 11.5 Å². The van der Waals surface area contributed by atoms with Crippen molar-refractivity contribution in [3.05, 3.63) is 23.8 Å². The zero-order valence-electron chi connectivity index (χ0n) is 12.1. The predicted octanol–water partition coefficient (Wildman–Crippen LogP) is 2.06. The molecule has 1 aliphatic rings. The molecule has 0 amide bonds. The van der Waals surface area contributed by atoms with E-state index >= 15 is 0 Å². The van der Waals surface area contributed by atoms with Gasteiger partial charge in [0, 0.05) is 32.2 Å². The van der Waals surface area contributed by atoms with Gasteiger partial charge in [-0.25, -0.2) is 0 Å². The minimum absolute atomic E-state index is 0.409. The Balaban J connectivity index is 2.16. The Labute approximate surface area is 115 Å². The maximum atomic E-state index is 5.65. The number of hydrogen-bond acceptors (Lipinski definition) is 4. The van der Waals surface area contributed by atoms with Crippen LogP contribution in [0.5, 0.6) is 11.5 Å². The van der Waals surface area contributed by atoms with Gasteiger partial charge in [-0.05, 0) is 31.5 Å². The SMILES string of the molecule is CCOc1cc(C(C)N2CCNCC2)ccc1OC. The molecule has 1 saturated heterocycles. The molecule has 1 aromatic rings. The summed E-state index contributed by atoms with van der Waals surface area (Å²) in [5.74, 6) is 1.64. The van der Waals surface area contributed by atoms with Gasteiger partial charge in [0.1, 0.15) is 0 Å². The van der Waals surface area contributed by atoms with Crippen LogP contribution in [0.25, 0.3) is 0 Å². The molecule has 1 aliphatic heterocycles. The average molecular weight is 264 g/mol. The standard InChI is InChI=1S/C15H24N2O2/c1-4-19-15-11-13(5-6-14(15)18-3)12(2)17-9-7-16-8-10-17/h5-6,11-12,16H,4,7-10H2,1-3H3. The molecule has 4 heteroatoms. The van der Waals surface area contributed by atoms with E-state index < -0.39 is 0 Å². The molecule has 0 saturated carbocycles. The van der Waals surface area contributed by atoms with Crippen LogP contribution in [0.2, 0.25) is 0 Å². The van der Waals surface area contributed by atoms with Crippen molar-refractivity contribution in [2.75, 3.05) is 39.9 Å². The molecule has 4 nitrogen and oxygen atoms in total. The van der Waals surface area contributed by atoms with Gasteiger partial charge in [0.25, 0.3) is 0 Å². The van der Waals surface area contributed by atoms with Gasteiger partial charge in [-0.2, -0.15) is 0 Å². The fourth-order valence-electron chi connectivity index (χ4n) is 2.50. The molecule has 106 valence electrons. The highest BCUT2D eigenvalue weighted by Crippen LogP contribution is 2.32. The molecule has 1 unspecified atom stereocenters. The Kier molecular flexibility index (Phi) is 5.05. The van der Waals surface area contributed by atoms with Gasteiger partial charge >= 0.3 is 0 Å². The first-order chi connectivity index (χ1) is 9.26. The van der Waals surface area contributed by atoms with E-state index in [4.69, 9.17) is 9.47 Å². The van der Waals surface area contributed by atoms with E-state index in [2.05, 4.69) is 29.3 Å². The Morgan fingerprint density at radius 1 is 1.26 bits per heavy atom. The lowest BCUT2D eigenvalue weighted by atomic mass is 10.1. The van der Waals surface area contributed by atoms with Crippen molar-refractivity contribution in [2.24, 2.45) is 0 Å². The third kappa shape index (κ3) is 3.39. The highest BCUT2D eigenvalue weighted by molar-refractivity contribution is 5.43. The van der Waals surface area contributed by atoms with E-state index in [1.807, 2.05) is 13.0 Å². The van der Waals surface area contributed by atoms with Crippen molar-refractivity contribution in [1.82, 2.24) is 10.2 Å². The molecule has 1 aromatic carbocycles. The van der Waals surface area contributed by atoms with Gasteiger partial charge < -0.3 is 14.8 Å². The lowest BCUT2D eigenvalue weighted by molar-refractivity contribution is 0.185. The number of nitrogens with one attached hydrogen (secondary N) is 1. The van der Waals surface area contributed by atoms with Crippen LogP contribution >= 0.6 is 0 Å². The molecule has 0 spiro atoms. The molecule has 0 radical (unpaired) electrons. The summed E-state index contributed by atoms with van der Waals surface area (Å²) < 4.78 is 11.0. The molecule has 19 heavy (non-hydrogen) atoms. The molecule has 0 bridgehead atoms. The summed E-state index contributed by atoms with van der Waals surface area (Å²) in [7, 11) is 1.68. The second-order valence-corrected chi connectivity index (χ2v) is 4.81. The maximum absolute atomic E-state index is 5.65. The fourth-order valence-corrected chi connectivity index (χ4v) is 2.50. The monoisotopic (exact) mass is 264 g/mol. The van der Waals surface area contributed by atoms with Crippen LogP contribution in [-0.4, -0.2) is 44.8 Å². The Morgan fingerprint density at radius 2 is 2.00 bits per heavy atom. The van der Waals surface area contributed by atoms with Gasteiger partial charge in [-0.3, -0.25) is 4.90 Å². The normalized spacial score (nSPS) is 18.1. The quantitative estimate of drug-likeness (QED) is 0.882. The van der Waals surface area contributed by atoms with Crippen molar-refractivity contribution in [2.45, 2.75) is 19.9 Å². The Hall–Kier alpha value is -1.26. The van der Waals surface area contributed by atoms with Crippen LogP contribution in [0, 0.1) is 0 Å². The third-order valence-corrected chi connectivity index (χ3v) is 3.67. The zero-order valence-corrected chi connectivity index (χ0v) is 12.1. The minimum Gasteiger partial charge on any atom is -0.493 e. The van der Waals surface area contributed by atoms with Gasteiger partial charge in [0.05, 0.1) is 13.7 Å². The number of piperazine rings is 1. The summed E-state index contributed by atoms with van der Waals surface area (Å²) in [6.07, 6.45) is 0. The van der Waals surface area contributed by atoms with E-state index in [1.165, 1.54) is 5.56 Å². The van der Waals surface area contributed by atoms with Crippen LogP contribution in [0.4, 0.5) is 0 Å². The summed E-state index contributed by atoms with van der Waals surface area (Å²) in [5.41, 5.74) is 1.28. The van der Waals surface area contributed by atoms with Crippen LogP contribution in [0.15, 0.2) is 18.2 Å². The van der Waals surface area contributed by atoms with E-state index in [0.717, 1.165) is 37.7 Å². The molecule has 1 heterocycles. The summed E-state index contributed by atoms with van der Waals surface area (Å²) in [6, 6.07) is 6.65. The number of rotatable bonds is 5. The van der Waals surface area contributed by atoms with E-state index in [-0.39, 0.29) is 0 Å². The lowest BCUT2D eigenvalue weighted by Crippen LogP contribution is -2.44. The summed E-state index contributed by atoms with van der Waals surface area (Å²) in [4.78, 5) is 2.49. The van der Waals surface area contributed by atoms with Gasteiger partial charge in [-0.1, -0.05) is 6.07 Å². The number of hydrogen-bond donors (Lipinski definition) is 1. The average Bonchev–Trinajstić information content (AvgIpc) is 2.47. The number of nitrogens with zero attached hydrogens (tertiary/aromatic N) is 1. The fraction of sp³-hybridized carbons (Fsp3) is 0.600. The van der Waals surface area contributed by atoms with E-state index in [1.54, 1.807) is 7.11 Å². The molecule has 0 aromatic heterocycles. The summed E-state index contributed by atoms with van der Waals surface area (Å²) >= 11 is 0. The number of benzene rings is 1. The van der Waals surface area contributed by atoms with Crippen molar-refractivity contribution in [1.29, 1.82) is 0 Å². The van der Waals surface area contributed by atoms with Crippen molar-refractivity contribution in [3.63, 3.8) is 0 Å². The first-order valence-corrected chi connectivity index (χ1v) is 7.01. The highest BCUT2D eigenvalue weighted by atomic mass is 16.5. The van der Waals surface area contributed by atoms with Crippen molar-refractivity contribution >= 4 is 0 Å². The second kappa shape index (κ2) is 6.78. The largest absolute Gasteiger partial charge is 0.493 e. The number of methoxy groups -OCH3 is 1. The van der Waals surface area contributed by atoms with Crippen LogP contribution < -0.4 is 14.8 Å². The third-order valence-electron chi connectivity index (χ3n) is 3.67. The minimum atomic E-state index is 0.409. The smallest absolute Gasteiger partial charge is 0.161 e. The molecule has 1 N–H and O–H groups in total. The zero-order chi connectivity index (χ0) is 13.7. The Bertz CT molecular complexity index is 403. The summed E-state index contributed by atoms with van der Waals surface area (Å²) in [6.45, 7) is 9.22. The highest BCUT2D eigenvalue weighted by Gasteiger charge is 2.19. The van der Waals surface area contributed by atoms with Gasteiger partial charge in [0.2, 0.25) is 0 Å². The van der Waals surface area contributed by atoms with E-state index in [0.29, 0.717) is 12.6 Å². The lowest BCUT2D eigenvalue weighted by Gasteiger charge is -2.33. The summed E-state index contributed by atoms with van der Waals surface area (Å²) in [5, 5.41) is 3.38. The maximum Gasteiger partial charge on any atom is 0.161 e. The molecular weight excluding hydrogens is 240 g/mol. The predicted molar refractivity (Wildman–Crippen MR) is 77.0 cm³/mol. The first kappa shape index (κ1) is 14.2. The molecule has 0 aliphatic carbocycles. The molecule has 1 atom stereocenters. The molecule has 1 fully saturated rings. The van der Waals surface area contributed by atoms with E-state index in [9.17, 15) is 0 Å². The molecular formula is C15H24N2O2. The van der Waals surface area contributed by atoms with Crippen molar-refractivity contribution in [3.8, 4) is 11.5 Å². The first-order valence-electron chi connectivity index (χ1n) is 7.01. The van der Waals surface area contributed by atoms with Crippen LogP contribution in [0.1, 0.15) is 25.5 Å². The number of ether oxygens (including phenoxy) is 2. The second-order valence-electron chi connectivity index (χ2n) is 4.81. The Morgan fingerprint density at radius 3 is 2.63 bits per heavy atom. The van der Waals surface area contributed by atoms with Crippen molar-refractivity contribution < 1.29 is 9.47 Å². The molecule has 2 rings (SSSR count). The van der Waals surface area contributed by atoms with Crippen LogP contribution in [0.3, 0.4) is 0 Å². The van der Waals surface area contributed by atoms with Gasteiger partial charge in [-0.15, -0.1) is 0 Å². The van der Waals surface area contributed by atoms with Crippen LogP contribution in [-0.2, 0) is 0 Å².